The van der Waals surface area contributed by atoms with Crippen molar-refractivity contribution in [3.05, 3.63) is 28.2 Å². The van der Waals surface area contributed by atoms with Crippen LogP contribution in [-0.4, -0.2) is 36.5 Å². The Balaban J connectivity index is 2.90. The first-order valence-corrected chi connectivity index (χ1v) is 5.97. The summed E-state index contributed by atoms with van der Waals surface area (Å²) in [6.07, 6.45) is 0. The molecule has 0 aliphatic heterocycles. The Hall–Kier alpha value is -0.620. The van der Waals surface area contributed by atoms with E-state index in [4.69, 9.17) is 15.9 Å². The third-order valence-electron chi connectivity index (χ3n) is 2.33. The second kappa shape index (κ2) is 6.85. The molecule has 4 nitrogen and oxygen atoms in total. The van der Waals surface area contributed by atoms with Gasteiger partial charge in [0.1, 0.15) is 0 Å². The Bertz CT molecular complexity index is 328. The van der Waals surface area contributed by atoms with Crippen LogP contribution in [0.15, 0.2) is 22.7 Å². The van der Waals surface area contributed by atoms with Crippen LogP contribution in [0.1, 0.15) is 5.56 Å². The van der Waals surface area contributed by atoms with E-state index in [9.17, 15) is 0 Å². The summed E-state index contributed by atoms with van der Waals surface area (Å²) in [5.41, 5.74) is 7.55. The summed E-state index contributed by atoms with van der Waals surface area (Å²) in [7, 11) is 0. The van der Waals surface area contributed by atoms with E-state index in [-0.39, 0.29) is 13.2 Å². The van der Waals surface area contributed by atoms with Crippen molar-refractivity contribution >= 4 is 21.6 Å². The van der Waals surface area contributed by atoms with Crippen LogP contribution in [0.4, 0.5) is 5.69 Å². The van der Waals surface area contributed by atoms with Gasteiger partial charge in [-0.2, -0.15) is 0 Å². The molecule has 0 bridgehead atoms. The van der Waals surface area contributed by atoms with Crippen LogP contribution in [0.3, 0.4) is 0 Å². The molecule has 1 aromatic rings. The average molecular weight is 289 g/mol. The van der Waals surface area contributed by atoms with Crippen LogP contribution in [0.2, 0.25) is 0 Å². The summed E-state index contributed by atoms with van der Waals surface area (Å²) in [5.74, 6) is 0. The fraction of sp³-hybridized carbons (Fsp3) is 0.455. The molecule has 0 heterocycles. The smallest absolute Gasteiger partial charge is 0.0606 e. The lowest BCUT2D eigenvalue weighted by molar-refractivity contribution is 0.281. The zero-order chi connectivity index (χ0) is 12.0. The SMILES string of the molecule is NCc1ccc(N(CCO)CCO)c(Br)c1. The first-order chi connectivity index (χ1) is 7.72. The number of hydrogen-bond acceptors (Lipinski definition) is 4. The van der Waals surface area contributed by atoms with Crippen LogP contribution in [0.5, 0.6) is 0 Å². The fourth-order valence-electron chi connectivity index (χ4n) is 1.53. The highest BCUT2D eigenvalue weighted by atomic mass is 79.9. The summed E-state index contributed by atoms with van der Waals surface area (Å²) in [4.78, 5) is 1.92. The molecule has 0 saturated heterocycles. The first-order valence-electron chi connectivity index (χ1n) is 5.18. The maximum absolute atomic E-state index is 8.96. The minimum atomic E-state index is 0.0606. The highest BCUT2D eigenvalue weighted by molar-refractivity contribution is 9.10. The number of halogens is 1. The molecule has 0 fully saturated rings. The van der Waals surface area contributed by atoms with E-state index in [0.717, 1.165) is 15.7 Å². The van der Waals surface area contributed by atoms with Crippen molar-refractivity contribution in [1.82, 2.24) is 0 Å². The largest absolute Gasteiger partial charge is 0.395 e. The van der Waals surface area contributed by atoms with Crippen molar-refractivity contribution in [3.8, 4) is 0 Å². The van der Waals surface area contributed by atoms with Crippen molar-refractivity contribution in [2.45, 2.75) is 6.54 Å². The topological polar surface area (TPSA) is 69.7 Å². The number of nitrogens with zero attached hydrogens (tertiary/aromatic N) is 1. The number of hydrogen-bond donors (Lipinski definition) is 3. The molecule has 0 unspecified atom stereocenters. The van der Waals surface area contributed by atoms with E-state index in [2.05, 4.69) is 15.9 Å². The number of anilines is 1. The van der Waals surface area contributed by atoms with Gasteiger partial charge in [0.2, 0.25) is 0 Å². The first kappa shape index (κ1) is 13.4. The third kappa shape index (κ3) is 3.45. The fourth-order valence-corrected chi connectivity index (χ4v) is 2.20. The number of benzene rings is 1. The highest BCUT2D eigenvalue weighted by Gasteiger charge is 2.09. The molecule has 4 N–H and O–H groups in total. The van der Waals surface area contributed by atoms with Crippen molar-refractivity contribution in [3.63, 3.8) is 0 Å². The van der Waals surface area contributed by atoms with Crippen LogP contribution in [-0.2, 0) is 6.54 Å². The Morgan fingerprint density at radius 3 is 2.25 bits per heavy atom. The summed E-state index contributed by atoms with van der Waals surface area (Å²) >= 11 is 3.47. The summed E-state index contributed by atoms with van der Waals surface area (Å²) < 4.78 is 0.928. The minimum Gasteiger partial charge on any atom is -0.395 e. The monoisotopic (exact) mass is 288 g/mol. The van der Waals surface area contributed by atoms with E-state index in [0.29, 0.717) is 19.6 Å². The van der Waals surface area contributed by atoms with Crippen LogP contribution >= 0.6 is 15.9 Å². The van der Waals surface area contributed by atoms with Gasteiger partial charge in [-0.25, -0.2) is 0 Å². The number of aliphatic hydroxyl groups excluding tert-OH is 2. The lowest BCUT2D eigenvalue weighted by Gasteiger charge is -2.24. The summed E-state index contributed by atoms with van der Waals surface area (Å²) in [6, 6.07) is 5.84. The molecule has 0 spiro atoms. The quantitative estimate of drug-likeness (QED) is 0.721. The zero-order valence-corrected chi connectivity index (χ0v) is 10.7. The Morgan fingerprint density at radius 1 is 1.19 bits per heavy atom. The number of rotatable bonds is 6. The molecule has 0 aromatic heterocycles. The predicted molar refractivity (Wildman–Crippen MR) is 68.4 cm³/mol. The second-order valence-electron chi connectivity index (χ2n) is 3.42. The minimum absolute atomic E-state index is 0.0606. The van der Waals surface area contributed by atoms with E-state index < -0.39 is 0 Å². The van der Waals surface area contributed by atoms with Gasteiger partial charge in [0, 0.05) is 24.1 Å². The lowest BCUT2D eigenvalue weighted by Crippen LogP contribution is -2.29. The van der Waals surface area contributed by atoms with E-state index in [1.165, 1.54) is 0 Å². The number of aliphatic hydroxyl groups is 2. The maximum Gasteiger partial charge on any atom is 0.0606 e. The van der Waals surface area contributed by atoms with Gasteiger partial charge in [-0.05, 0) is 33.6 Å². The Morgan fingerprint density at radius 2 is 1.81 bits per heavy atom. The molecule has 90 valence electrons. The number of nitrogens with two attached hydrogens (primary N) is 1. The van der Waals surface area contributed by atoms with Crippen molar-refractivity contribution in [2.75, 3.05) is 31.2 Å². The van der Waals surface area contributed by atoms with Crippen LogP contribution < -0.4 is 10.6 Å². The zero-order valence-electron chi connectivity index (χ0n) is 9.06. The molecule has 0 atom stereocenters. The van der Waals surface area contributed by atoms with Crippen molar-refractivity contribution < 1.29 is 10.2 Å². The van der Waals surface area contributed by atoms with Gasteiger partial charge < -0.3 is 20.8 Å². The molecule has 1 rings (SSSR count). The second-order valence-corrected chi connectivity index (χ2v) is 4.28. The third-order valence-corrected chi connectivity index (χ3v) is 2.96. The van der Waals surface area contributed by atoms with Gasteiger partial charge in [-0.15, -0.1) is 0 Å². The standard InChI is InChI=1S/C11H17BrN2O2/c12-10-7-9(8-13)1-2-11(10)14(3-5-15)4-6-16/h1-2,7,15-16H,3-6,8,13H2. The molecule has 16 heavy (non-hydrogen) atoms. The van der Waals surface area contributed by atoms with Gasteiger partial charge >= 0.3 is 0 Å². The molecule has 0 amide bonds. The highest BCUT2D eigenvalue weighted by Crippen LogP contribution is 2.27. The van der Waals surface area contributed by atoms with Gasteiger partial charge in [-0.3, -0.25) is 0 Å². The average Bonchev–Trinajstić information content (AvgIpc) is 2.29. The van der Waals surface area contributed by atoms with E-state index >= 15 is 0 Å². The van der Waals surface area contributed by atoms with E-state index in [1.807, 2.05) is 23.1 Å². The van der Waals surface area contributed by atoms with E-state index in [1.54, 1.807) is 0 Å². The molecule has 0 saturated carbocycles. The summed E-state index contributed by atoms with van der Waals surface area (Å²) in [6.45, 7) is 1.62. The molecule has 1 aromatic carbocycles. The van der Waals surface area contributed by atoms with Gasteiger partial charge in [-0.1, -0.05) is 6.07 Å². The van der Waals surface area contributed by atoms with Crippen LogP contribution in [0, 0.1) is 0 Å². The van der Waals surface area contributed by atoms with Crippen molar-refractivity contribution in [1.29, 1.82) is 0 Å². The van der Waals surface area contributed by atoms with Crippen molar-refractivity contribution in [2.24, 2.45) is 5.73 Å². The Kier molecular flexibility index (Phi) is 5.76. The van der Waals surface area contributed by atoms with Gasteiger partial charge in [0.15, 0.2) is 0 Å². The Labute approximate surface area is 104 Å². The normalized spacial score (nSPS) is 10.5. The summed E-state index contributed by atoms with van der Waals surface area (Å²) in [5, 5.41) is 17.9. The molecule has 0 radical (unpaired) electrons. The lowest BCUT2D eigenvalue weighted by atomic mass is 10.2. The van der Waals surface area contributed by atoms with Gasteiger partial charge in [0.05, 0.1) is 18.9 Å². The molecular weight excluding hydrogens is 272 g/mol. The predicted octanol–water partition coefficient (Wildman–Crippen LogP) is 0.699. The van der Waals surface area contributed by atoms with Gasteiger partial charge in [0.25, 0.3) is 0 Å². The van der Waals surface area contributed by atoms with Crippen LogP contribution in [0.25, 0.3) is 0 Å². The molecular formula is C11H17BrN2O2. The maximum atomic E-state index is 8.96. The molecule has 5 heteroatoms. The molecule has 0 aliphatic carbocycles. The molecule has 0 aliphatic rings.